The van der Waals surface area contributed by atoms with Gasteiger partial charge in [-0.3, -0.25) is 15.1 Å². The normalized spacial score (nSPS) is 10.7. The summed E-state index contributed by atoms with van der Waals surface area (Å²) in [6.45, 7) is 1.93. The molecule has 0 saturated carbocycles. The summed E-state index contributed by atoms with van der Waals surface area (Å²) in [5, 5.41) is 14.5. The highest BCUT2D eigenvalue weighted by molar-refractivity contribution is 6.02. The quantitative estimate of drug-likeness (QED) is 0.602. The Kier molecular flexibility index (Phi) is 3.94. The van der Waals surface area contributed by atoms with E-state index in [1.807, 2.05) is 19.1 Å². The molecule has 4 aromatic heterocycles. The Morgan fingerprint density at radius 2 is 2.04 bits per heavy atom. The molecule has 4 heterocycles. The van der Waals surface area contributed by atoms with Gasteiger partial charge in [0.25, 0.3) is 5.91 Å². The summed E-state index contributed by atoms with van der Waals surface area (Å²) >= 11 is 0. The van der Waals surface area contributed by atoms with E-state index in [9.17, 15) is 4.79 Å². The Labute approximate surface area is 147 Å². The van der Waals surface area contributed by atoms with Crippen molar-refractivity contribution >= 4 is 11.9 Å². The van der Waals surface area contributed by atoms with Crippen LogP contribution in [0.15, 0.2) is 59.6 Å². The Morgan fingerprint density at radius 1 is 1.15 bits per heavy atom. The largest absolute Gasteiger partial charge is 0.431 e. The maximum atomic E-state index is 12.5. The molecule has 0 aliphatic carbocycles. The van der Waals surface area contributed by atoms with Crippen molar-refractivity contribution in [1.82, 2.24) is 29.9 Å². The van der Waals surface area contributed by atoms with E-state index in [1.165, 1.54) is 17.1 Å². The molecule has 0 bridgehead atoms. The average Bonchev–Trinajstić information content (AvgIpc) is 3.32. The predicted octanol–water partition coefficient (Wildman–Crippen LogP) is 2.27. The monoisotopic (exact) mass is 347 g/mol. The van der Waals surface area contributed by atoms with Crippen molar-refractivity contribution < 1.29 is 9.21 Å². The number of pyridine rings is 1. The first kappa shape index (κ1) is 15.6. The number of oxazole rings is 1. The highest BCUT2D eigenvalue weighted by Gasteiger charge is 2.17. The maximum absolute atomic E-state index is 12.5. The molecule has 9 heteroatoms. The molecule has 4 aromatic rings. The second kappa shape index (κ2) is 6.55. The Morgan fingerprint density at radius 3 is 2.85 bits per heavy atom. The molecule has 0 aliphatic heterocycles. The minimum absolute atomic E-state index is 0.0712. The van der Waals surface area contributed by atoms with E-state index in [1.54, 1.807) is 30.6 Å². The van der Waals surface area contributed by atoms with Crippen LogP contribution in [0.4, 0.5) is 6.01 Å². The molecule has 128 valence electrons. The van der Waals surface area contributed by atoms with Crippen LogP contribution in [-0.4, -0.2) is 35.9 Å². The molecule has 9 nitrogen and oxygen atoms in total. The van der Waals surface area contributed by atoms with E-state index < -0.39 is 5.91 Å². The van der Waals surface area contributed by atoms with Gasteiger partial charge in [-0.15, -0.1) is 5.10 Å². The number of amides is 1. The molecule has 0 aliphatic rings. The summed E-state index contributed by atoms with van der Waals surface area (Å²) in [6, 6.07) is 8.81. The maximum Gasteiger partial charge on any atom is 0.302 e. The molecule has 0 unspecified atom stereocenters. The zero-order valence-electron chi connectivity index (χ0n) is 13.7. The van der Waals surface area contributed by atoms with Crippen molar-refractivity contribution in [2.75, 3.05) is 5.32 Å². The van der Waals surface area contributed by atoms with E-state index in [-0.39, 0.29) is 11.7 Å². The minimum atomic E-state index is -0.431. The highest BCUT2D eigenvalue weighted by atomic mass is 16.4. The topological polar surface area (TPSA) is 112 Å². The number of aromatic nitrogens is 6. The van der Waals surface area contributed by atoms with Crippen molar-refractivity contribution in [3.05, 3.63) is 66.4 Å². The van der Waals surface area contributed by atoms with E-state index in [2.05, 4.69) is 30.6 Å². The molecule has 0 spiro atoms. The number of hydrogen-bond acceptors (Lipinski definition) is 7. The second-order valence-corrected chi connectivity index (χ2v) is 5.37. The number of rotatable bonds is 4. The van der Waals surface area contributed by atoms with Gasteiger partial charge in [-0.25, -0.2) is 4.68 Å². The number of carbonyl (C=O) groups excluding carboxylic acids is 1. The van der Waals surface area contributed by atoms with Gasteiger partial charge >= 0.3 is 6.01 Å². The van der Waals surface area contributed by atoms with Crippen molar-refractivity contribution in [2.45, 2.75) is 6.92 Å². The molecule has 0 fully saturated rings. The molecule has 26 heavy (non-hydrogen) atoms. The second-order valence-electron chi connectivity index (χ2n) is 5.37. The van der Waals surface area contributed by atoms with Gasteiger partial charge in [0.05, 0.1) is 11.9 Å². The number of hydrogen-bond donors (Lipinski definition) is 1. The fourth-order valence-electron chi connectivity index (χ4n) is 2.42. The van der Waals surface area contributed by atoms with E-state index in [0.717, 1.165) is 5.56 Å². The fourth-order valence-corrected chi connectivity index (χ4v) is 2.42. The molecule has 0 radical (unpaired) electrons. The van der Waals surface area contributed by atoms with E-state index in [4.69, 9.17) is 4.42 Å². The van der Waals surface area contributed by atoms with Crippen LogP contribution < -0.4 is 5.32 Å². The van der Waals surface area contributed by atoms with Crippen LogP contribution >= 0.6 is 0 Å². The van der Waals surface area contributed by atoms with Gasteiger partial charge in [0.15, 0.2) is 5.82 Å². The predicted molar refractivity (Wildman–Crippen MR) is 91.6 cm³/mol. The third kappa shape index (κ3) is 2.93. The van der Waals surface area contributed by atoms with Gasteiger partial charge in [-0.1, -0.05) is 6.07 Å². The average molecular weight is 347 g/mol. The lowest BCUT2D eigenvalue weighted by Crippen LogP contribution is -2.17. The summed E-state index contributed by atoms with van der Waals surface area (Å²) in [7, 11) is 0. The zero-order chi connectivity index (χ0) is 17.9. The number of carbonyl (C=O) groups is 1. The number of anilines is 1. The smallest absolute Gasteiger partial charge is 0.302 e. The molecule has 0 saturated heterocycles. The van der Waals surface area contributed by atoms with Gasteiger partial charge in [-0.2, -0.15) is 15.2 Å². The first-order valence-corrected chi connectivity index (χ1v) is 7.73. The number of aryl methyl sites for hydroxylation is 1. The Hall–Kier alpha value is -3.88. The minimum Gasteiger partial charge on any atom is -0.431 e. The lowest BCUT2D eigenvalue weighted by atomic mass is 10.2. The van der Waals surface area contributed by atoms with Gasteiger partial charge in [0.2, 0.25) is 0 Å². The summed E-state index contributed by atoms with van der Waals surface area (Å²) in [4.78, 5) is 21.1. The lowest BCUT2D eigenvalue weighted by Gasteiger charge is -2.04. The fraction of sp³-hybridized carbons (Fsp3) is 0.0588. The van der Waals surface area contributed by atoms with Crippen molar-refractivity contribution in [3.8, 4) is 17.2 Å². The third-order valence-electron chi connectivity index (χ3n) is 3.63. The first-order chi connectivity index (χ1) is 12.7. The number of nitrogens with zero attached hydrogens (tertiary/aromatic N) is 6. The van der Waals surface area contributed by atoms with Gasteiger partial charge in [0, 0.05) is 12.4 Å². The molecule has 1 amide bonds. The van der Waals surface area contributed by atoms with Crippen LogP contribution in [0.1, 0.15) is 16.1 Å². The van der Waals surface area contributed by atoms with E-state index in [0.29, 0.717) is 17.2 Å². The van der Waals surface area contributed by atoms with Crippen LogP contribution in [0.5, 0.6) is 0 Å². The Balaban J connectivity index is 1.57. The molecular formula is C17H13N7O2. The summed E-state index contributed by atoms with van der Waals surface area (Å²) < 4.78 is 6.73. The van der Waals surface area contributed by atoms with Crippen molar-refractivity contribution in [3.63, 3.8) is 0 Å². The molecule has 4 rings (SSSR count). The lowest BCUT2D eigenvalue weighted by molar-refractivity contribution is 0.101. The van der Waals surface area contributed by atoms with Gasteiger partial charge < -0.3 is 4.42 Å². The molecule has 0 atom stereocenters. The summed E-state index contributed by atoms with van der Waals surface area (Å²) in [5.74, 6) is -0.000788. The molecule has 0 aromatic carbocycles. The first-order valence-electron chi connectivity index (χ1n) is 7.73. The van der Waals surface area contributed by atoms with Crippen LogP contribution in [-0.2, 0) is 0 Å². The molecular weight excluding hydrogens is 334 g/mol. The third-order valence-corrected chi connectivity index (χ3v) is 3.63. The highest BCUT2D eigenvalue weighted by Crippen LogP contribution is 2.22. The number of nitrogens with one attached hydrogen (secondary N) is 1. The summed E-state index contributed by atoms with van der Waals surface area (Å²) in [5.41, 5.74) is 2.47. The van der Waals surface area contributed by atoms with Crippen LogP contribution in [0.25, 0.3) is 17.2 Å². The summed E-state index contributed by atoms with van der Waals surface area (Å²) in [6.07, 6.45) is 6.17. The van der Waals surface area contributed by atoms with Gasteiger partial charge in [0.1, 0.15) is 17.7 Å². The van der Waals surface area contributed by atoms with Crippen LogP contribution in [0.2, 0.25) is 0 Å². The zero-order valence-corrected chi connectivity index (χ0v) is 13.7. The Bertz CT molecular complexity index is 1060. The van der Waals surface area contributed by atoms with Crippen LogP contribution in [0.3, 0.4) is 0 Å². The van der Waals surface area contributed by atoms with Gasteiger partial charge in [-0.05, 0) is 36.8 Å². The standard InChI is InChI=1S/C17H13N7O2/c1-11-4-2-7-18-15(11)12-10-26-17(21-12)22-16(25)13-6-9-20-24(13)14-5-3-8-19-23-14/h2-10H,1H3,(H,21,22,25). The molecule has 1 N–H and O–H groups in total. The van der Waals surface area contributed by atoms with E-state index >= 15 is 0 Å². The SMILES string of the molecule is Cc1cccnc1-c1coc(NC(=O)c2ccnn2-c2cccnn2)n1. The van der Waals surface area contributed by atoms with Crippen molar-refractivity contribution in [2.24, 2.45) is 0 Å². The van der Waals surface area contributed by atoms with Crippen molar-refractivity contribution in [1.29, 1.82) is 0 Å². The van der Waals surface area contributed by atoms with Crippen LogP contribution in [0, 0.1) is 6.92 Å².